The van der Waals surface area contributed by atoms with Crippen molar-refractivity contribution in [3.8, 4) is 0 Å². The Morgan fingerprint density at radius 3 is 2.73 bits per heavy atom. The van der Waals surface area contributed by atoms with Crippen LogP contribution in [0.2, 0.25) is 5.02 Å². The summed E-state index contributed by atoms with van der Waals surface area (Å²) in [6.07, 6.45) is 0. The van der Waals surface area contributed by atoms with Gasteiger partial charge in [0.1, 0.15) is 0 Å². The Hall–Kier alpha value is -0.280. The van der Waals surface area contributed by atoms with E-state index in [0.29, 0.717) is 11.6 Å². The lowest BCUT2D eigenvalue weighted by atomic mass is 10.2. The fourth-order valence-electron chi connectivity index (χ4n) is 0.723. The lowest BCUT2D eigenvalue weighted by Gasteiger charge is -1.97. The molecule has 1 aromatic rings. The highest BCUT2D eigenvalue weighted by Gasteiger charge is 1.91. The van der Waals surface area contributed by atoms with E-state index in [1.165, 1.54) is 0 Å². The van der Waals surface area contributed by atoms with E-state index in [4.69, 9.17) is 17.5 Å². The molecule has 11 heavy (non-hydrogen) atoms. The summed E-state index contributed by atoms with van der Waals surface area (Å²) < 4.78 is 0. The molecule has 0 saturated heterocycles. The summed E-state index contributed by atoms with van der Waals surface area (Å²) in [5.74, 6) is 4.87. The number of nitrogens with two attached hydrogens (primary N) is 1. The smallest absolute Gasteiger partial charge is 0.0930 e. The Morgan fingerprint density at radius 1 is 1.45 bits per heavy atom. The van der Waals surface area contributed by atoms with Gasteiger partial charge in [-0.3, -0.25) is 4.84 Å². The van der Waals surface area contributed by atoms with E-state index in [-0.39, 0.29) is 12.4 Å². The van der Waals surface area contributed by atoms with Crippen LogP contribution in [0, 0.1) is 0 Å². The van der Waals surface area contributed by atoms with Gasteiger partial charge in [0.05, 0.1) is 6.61 Å². The van der Waals surface area contributed by atoms with Gasteiger partial charge >= 0.3 is 0 Å². The molecule has 0 amide bonds. The van der Waals surface area contributed by atoms with E-state index in [1.54, 1.807) is 0 Å². The molecule has 0 saturated carbocycles. The minimum Gasteiger partial charge on any atom is -0.300 e. The molecule has 0 aliphatic heterocycles. The molecule has 2 nitrogen and oxygen atoms in total. The van der Waals surface area contributed by atoms with E-state index < -0.39 is 0 Å². The summed E-state index contributed by atoms with van der Waals surface area (Å²) in [4.78, 5) is 4.42. The highest BCUT2D eigenvalue weighted by molar-refractivity contribution is 6.30. The molecule has 0 aliphatic rings. The molecule has 0 radical (unpaired) electrons. The second-order valence-electron chi connectivity index (χ2n) is 1.94. The number of benzene rings is 1. The van der Waals surface area contributed by atoms with Crippen molar-refractivity contribution >= 4 is 24.0 Å². The van der Waals surface area contributed by atoms with E-state index in [1.807, 2.05) is 24.3 Å². The summed E-state index contributed by atoms with van der Waals surface area (Å²) in [6, 6.07) is 7.38. The van der Waals surface area contributed by atoms with Crippen molar-refractivity contribution in [2.75, 3.05) is 0 Å². The molecule has 0 atom stereocenters. The van der Waals surface area contributed by atoms with Crippen LogP contribution in [0.1, 0.15) is 5.56 Å². The van der Waals surface area contributed by atoms with Crippen LogP contribution in [0.15, 0.2) is 24.3 Å². The average Bonchev–Trinajstić information content (AvgIpc) is 1.88. The van der Waals surface area contributed by atoms with Gasteiger partial charge in [-0.15, -0.1) is 12.4 Å². The molecule has 2 N–H and O–H groups in total. The predicted octanol–water partition coefficient (Wildman–Crippen LogP) is 2.15. The minimum absolute atomic E-state index is 0. The predicted molar refractivity (Wildman–Crippen MR) is 47.7 cm³/mol. The molecular formula is C7H9Cl2NO. The summed E-state index contributed by atoms with van der Waals surface area (Å²) in [5, 5.41) is 0.703. The molecule has 0 spiro atoms. The highest BCUT2D eigenvalue weighted by atomic mass is 35.5. The van der Waals surface area contributed by atoms with Gasteiger partial charge in [0.15, 0.2) is 0 Å². The maximum Gasteiger partial charge on any atom is 0.0930 e. The first-order valence-electron chi connectivity index (χ1n) is 2.89. The van der Waals surface area contributed by atoms with Gasteiger partial charge in [-0.1, -0.05) is 23.7 Å². The van der Waals surface area contributed by atoms with Gasteiger partial charge in [-0.2, -0.15) is 0 Å². The second kappa shape index (κ2) is 5.38. The van der Waals surface area contributed by atoms with Crippen molar-refractivity contribution in [3.05, 3.63) is 34.9 Å². The van der Waals surface area contributed by atoms with Crippen LogP contribution in [0.25, 0.3) is 0 Å². The molecule has 1 aromatic carbocycles. The largest absolute Gasteiger partial charge is 0.300 e. The zero-order chi connectivity index (χ0) is 7.40. The van der Waals surface area contributed by atoms with E-state index >= 15 is 0 Å². The first-order valence-corrected chi connectivity index (χ1v) is 3.27. The van der Waals surface area contributed by atoms with Crippen LogP contribution in [0.3, 0.4) is 0 Å². The monoisotopic (exact) mass is 193 g/mol. The lowest BCUT2D eigenvalue weighted by Crippen LogP contribution is -1.98. The Bertz CT molecular complexity index is 217. The third kappa shape index (κ3) is 3.58. The van der Waals surface area contributed by atoms with Crippen LogP contribution in [-0.4, -0.2) is 0 Å². The number of rotatable bonds is 2. The Morgan fingerprint density at radius 2 is 2.18 bits per heavy atom. The van der Waals surface area contributed by atoms with E-state index in [9.17, 15) is 0 Å². The van der Waals surface area contributed by atoms with Gasteiger partial charge in [0.2, 0.25) is 0 Å². The van der Waals surface area contributed by atoms with Crippen LogP contribution in [-0.2, 0) is 11.4 Å². The summed E-state index contributed by atoms with van der Waals surface area (Å²) in [5.41, 5.74) is 0.981. The normalized spacial score (nSPS) is 8.91. The maximum absolute atomic E-state index is 5.68. The van der Waals surface area contributed by atoms with Gasteiger partial charge in [-0.05, 0) is 17.7 Å². The van der Waals surface area contributed by atoms with E-state index in [0.717, 1.165) is 5.56 Å². The van der Waals surface area contributed by atoms with E-state index in [2.05, 4.69) is 4.84 Å². The Labute approximate surface area is 76.7 Å². The van der Waals surface area contributed by atoms with Crippen molar-refractivity contribution in [1.82, 2.24) is 0 Å². The quantitative estimate of drug-likeness (QED) is 0.732. The zero-order valence-electron chi connectivity index (χ0n) is 5.79. The van der Waals surface area contributed by atoms with Crippen LogP contribution >= 0.6 is 24.0 Å². The van der Waals surface area contributed by atoms with Gasteiger partial charge < -0.3 is 0 Å². The first kappa shape index (κ1) is 10.7. The standard InChI is InChI=1S/C7H8ClNO.ClH/c8-7-3-1-2-6(4-7)5-10-9;/h1-4H,5,9H2;1H. The highest BCUT2D eigenvalue weighted by Crippen LogP contribution is 2.10. The summed E-state index contributed by atoms with van der Waals surface area (Å²) >= 11 is 5.68. The van der Waals surface area contributed by atoms with Crippen LogP contribution in [0.5, 0.6) is 0 Å². The fourth-order valence-corrected chi connectivity index (χ4v) is 0.936. The third-order valence-corrected chi connectivity index (χ3v) is 1.37. The zero-order valence-corrected chi connectivity index (χ0v) is 7.36. The van der Waals surface area contributed by atoms with Crippen molar-refractivity contribution in [3.63, 3.8) is 0 Å². The molecule has 0 aromatic heterocycles. The molecule has 0 fully saturated rings. The van der Waals surface area contributed by atoms with Crippen LogP contribution in [0.4, 0.5) is 0 Å². The van der Waals surface area contributed by atoms with Gasteiger partial charge in [0, 0.05) is 5.02 Å². The Balaban J connectivity index is 0.000001000. The Kier molecular flexibility index (Phi) is 5.24. The SMILES string of the molecule is Cl.NOCc1cccc(Cl)c1. The maximum atomic E-state index is 5.68. The second-order valence-corrected chi connectivity index (χ2v) is 2.38. The topological polar surface area (TPSA) is 35.2 Å². The van der Waals surface area contributed by atoms with Crippen molar-refractivity contribution in [2.45, 2.75) is 6.61 Å². The van der Waals surface area contributed by atoms with Crippen molar-refractivity contribution < 1.29 is 4.84 Å². The summed E-state index contributed by atoms with van der Waals surface area (Å²) in [6.45, 7) is 0.403. The molecule has 1 rings (SSSR count). The molecule has 0 unspecified atom stereocenters. The molecular weight excluding hydrogens is 185 g/mol. The van der Waals surface area contributed by atoms with Gasteiger partial charge in [-0.25, -0.2) is 5.90 Å². The fraction of sp³-hybridized carbons (Fsp3) is 0.143. The first-order chi connectivity index (χ1) is 4.83. The molecule has 0 bridgehead atoms. The molecule has 0 heterocycles. The van der Waals surface area contributed by atoms with Crippen LogP contribution < -0.4 is 5.90 Å². The number of hydrogen-bond acceptors (Lipinski definition) is 2. The molecule has 62 valence electrons. The van der Waals surface area contributed by atoms with Gasteiger partial charge in [0.25, 0.3) is 0 Å². The number of halogens is 2. The lowest BCUT2D eigenvalue weighted by molar-refractivity contribution is 0.124. The van der Waals surface area contributed by atoms with Crippen molar-refractivity contribution in [1.29, 1.82) is 0 Å². The number of hydrogen-bond donors (Lipinski definition) is 1. The average molecular weight is 194 g/mol. The minimum atomic E-state index is 0. The third-order valence-electron chi connectivity index (χ3n) is 1.14. The molecule has 0 aliphatic carbocycles. The summed E-state index contributed by atoms with van der Waals surface area (Å²) in [7, 11) is 0. The van der Waals surface area contributed by atoms with Crippen molar-refractivity contribution in [2.24, 2.45) is 5.90 Å². The molecule has 4 heteroatoms.